The number of carboxylic acids is 2. The Morgan fingerprint density at radius 3 is 2.43 bits per heavy atom. The Morgan fingerprint density at radius 1 is 1.29 bits per heavy atom. The molecule has 114 valence electrons. The number of nitrogens with zero attached hydrogens (tertiary/aromatic N) is 2. The minimum atomic E-state index is -1.26. The van der Waals surface area contributed by atoms with Gasteiger partial charge in [0.25, 0.3) is 0 Å². The Hall–Kier alpha value is -2.64. The predicted molar refractivity (Wildman–Crippen MR) is 72.5 cm³/mol. The van der Waals surface area contributed by atoms with E-state index in [2.05, 4.69) is 10.3 Å². The summed E-state index contributed by atoms with van der Waals surface area (Å²) < 4.78 is 0. The van der Waals surface area contributed by atoms with Crippen LogP contribution in [0.1, 0.15) is 18.4 Å². The number of hydrogen-bond donors (Lipinski definition) is 3. The van der Waals surface area contributed by atoms with Crippen LogP contribution in [0.3, 0.4) is 0 Å². The van der Waals surface area contributed by atoms with Crippen molar-refractivity contribution in [1.29, 1.82) is 0 Å². The molecular formula is C13H17N3O5. The number of amides is 2. The summed E-state index contributed by atoms with van der Waals surface area (Å²) in [6, 6.07) is 1.67. The predicted octanol–water partition coefficient (Wildman–Crippen LogP) is 0.541. The van der Waals surface area contributed by atoms with Gasteiger partial charge in [0.15, 0.2) is 0 Å². The number of carbonyl (C=O) groups excluding carboxylic acids is 1. The van der Waals surface area contributed by atoms with Crippen LogP contribution < -0.4 is 5.32 Å². The van der Waals surface area contributed by atoms with Crippen LogP contribution >= 0.6 is 0 Å². The number of carboxylic acid groups (broad SMARTS) is 2. The SMILES string of the molecule is CN(Cc1ccncc1)C(=O)N[C@@H](CCC(=O)O)C(=O)O. The number of aliphatic carboxylic acids is 2. The lowest BCUT2D eigenvalue weighted by molar-refractivity contribution is -0.140. The second-order valence-corrected chi connectivity index (χ2v) is 4.48. The van der Waals surface area contributed by atoms with E-state index in [0.29, 0.717) is 6.54 Å². The molecule has 2 amide bonds. The fourth-order valence-corrected chi connectivity index (χ4v) is 1.62. The second kappa shape index (κ2) is 7.83. The highest BCUT2D eigenvalue weighted by Crippen LogP contribution is 2.03. The van der Waals surface area contributed by atoms with Crippen LogP contribution in [0.4, 0.5) is 4.79 Å². The van der Waals surface area contributed by atoms with Crippen molar-refractivity contribution in [3.63, 3.8) is 0 Å². The summed E-state index contributed by atoms with van der Waals surface area (Å²) >= 11 is 0. The molecule has 21 heavy (non-hydrogen) atoms. The maximum absolute atomic E-state index is 11.9. The maximum atomic E-state index is 11.9. The first kappa shape index (κ1) is 16.4. The summed E-state index contributed by atoms with van der Waals surface area (Å²) in [7, 11) is 1.52. The van der Waals surface area contributed by atoms with Crippen LogP contribution in [0, 0.1) is 0 Å². The van der Waals surface area contributed by atoms with E-state index in [1.807, 2.05) is 0 Å². The Labute approximate surface area is 121 Å². The number of hydrogen-bond acceptors (Lipinski definition) is 4. The lowest BCUT2D eigenvalue weighted by atomic mass is 10.1. The van der Waals surface area contributed by atoms with E-state index < -0.39 is 24.0 Å². The fourth-order valence-electron chi connectivity index (χ4n) is 1.62. The Morgan fingerprint density at radius 2 is 1.90 bits per heavy atom. The molecule has 0 aliphatic carbocycles. The number of nitrogens with one attached hydrogen (secondary N) is 1. The van der Waals surface area contributed by atoms with Gasteiger partial charge in [-0.25, -0.2) is 9.59 Å². The molecule has 0 saturated carbocycles. The molecule has 0 aromatic carbocycles. The third-order valence-electron chi connectivity index (χ3n) is 2.76. The highest BCUT2D eigenvalue weighted by Gasteiger charge is 2.22. The Balaban J connectivity index is 2.56. The lowest BCUT2D eigenvalue weighted by Gasteiger charge is -2.21. The van der Waals surface area contributed by atoms with Crippen molar-refractivity contribution < 1.29 is 24.6 Å². The zero-order valence-electron chi connectivity index (χ0n) is 11.5. The van der Waals surface area contributed by atoms with Crippen molar-refractivity contribution in [2.75, 3.05) is 7.05 Å². The van der Waals surface area contributed by atoms with Gasteiger partial charge in [0, 0.05) is 32.4 Å². The van der Waals surface area contributed by atoms with Gasteiger partial charge in [-0.3, -0.25) is 9.78 Å². The summed E-state index contributed by atoms with van der Waals surface area (Å²) in [5.74, 6) is -2.37. The highest BCUT2D eigenvalue weighted by atomic mass is 16.4. The monoisotopic (exact) mass is 295 g/mol. The van der Waals surface area contributed by atoms with Gasteiger partial charge in [0.2, 0.25) is 0 Å². The fraction of sp³-hybridized carbons (Fsp3) is 0.385. The van der Waals surface area contributed by atoms with Crippen molar-refractivity contribution in [1.82, 2.24) is 15.2 Å². The van der Waals surface area contributed by atoms with Gasteiger partial charge in [-0.2, -0.15) is 0 Å². The number of rotatable bonds is 7. The number of carbonyl (C=O) groups is 3. The van der Waals surface area contributed by atoms with Crippen molar-refractivity contribution in [3.05, 3.63) is 30.1 Å². The molecule has 0 bridgehead atoms. The van der Waals surface area contributed by atoms with Gasteiger partial charge >= 0.3 is 18.0 Å². The van der Waals surface area contributed by atoms with Crippen LogP contribution in [-0.2, 0) is 16.1 Å². The van der Waals surface area contributed by atoms with Crippen molar-refractivity contribution in [2.45, 2.75) is 25.4 Å². The van der Waals surface area contributed by atoms with Gasteiger partial charge in [-0.1, -0.05) is 0 Å². The molecule has 1 heterocycles. The molecule has 0 aliphatic rings. The number of pyridine rings is 1. The number of urea groups is 1. The van der Waals surface area contributed by atoms with E-state index in [1.165, 1.54) is 11.9 Å². The van der Waals surface area contributed by atoms with E-state index in [0.717, 1.165) is 5.56 Å². The summed E-state index contributed by atoms with van der Waals surface area (Å²) in [5.41, 5.74) is 0.847. The van der Waals surface area contributed by atoms with Gasteiger partial charge in [-0.05, 0) is 24.1 Å². The molecule has 1 aromatic rings. The molecule has 3 N–H and O–H groups in total. The zero-order valence-corrected chi connectivity index (χ0v) is 11.5. The normalized spacial score (nSPS) is 11.5. The van der Waals surface area contributed by atoms with Gasteiger partial charge < -0.3 is 20.4 Å². The largest absolute Gasteiger partial charge is 0.481 e. The van der Waals surface area contributed by atoms with Crippen molar-refractivity contribution in [3.8, 4) is 0 Å². The van der Waals surface area contributed by atoms with Crippen molar-refractivity contribution in [2.24, 2.45) is 0 Å². The summed E-state index contributed by atoms with van der Waals surface area (Å²) in [5, 5.41) is 19.8. The minimum Gasteiger partial charge on any atom is -0.481 e. The molecule has 0 unspecified atom stereocenters. The Bertz CT molecular complexity index is 506. The molecule has 1 atom stereocenters. The highest BCUT2D eigenvalue weighted by molar-refractivity contribution is 5.82. The molecule has 1 rings (SSSR count). The molecule has 0 spiro atoms. The third kappa shape index (κ3) is 5.89. The Kier molecular flexibility index (Phi) is 6.12. The van der Waals surface area contributed by atoms with Gasteiger partial charge in [0.05, 0.1) is 0 Å². The topological polar surface area (TPSA) is 120 Å². The third-order valence-corrected chi connectivity index (χ3v) is 2.76. The molecule has 0 saturated heterocycles. The second-order valence-electron chi connectivity index (χ2n) is 4.48. The van der Waals surface area contributed by atoms with E-state index in [1.54, 1.807) is 24.5 Å². The molecule has 0 aliphatic heterocycles. The van der Waals surface area contributed by atoms with E-state index in [9.17, 15) is 14.4 Å². The summed E-state index contributed by atoms with van der Waals surface area (Å²) in [6.07, 6.45) is 2.69. The molecule has 0 radical (unpaired) electrons. The first-order valence-corrected chi connectivity index (χ1v) is 6.25. The first-order chi connectivity index (χ1) is 9.90. The van der Waals surface area contributed by atoms with Crippen LogP contribution in [0.2, 0.25) is 0 Å². The maximum Gasteiger partial charge on any atom is 0.326 e. The average Bonchev–Trinajstić information content (AvgIpc) is 2.43. The molecular weight excluding hydrogens is 278 g/mol. The van der Waals surface area contributed by atoms with Crippen LogP contribution in [0.5, 0.6) is 0 Å². The smallest absolute Gasteiger partial charge is 0.326 e. The van der Waals surface area contributed by atoms with Gasteiger partial charge in [-0.15, -0.1) is 0 Å². The minimum absolute atomic E-state index is 0.167. The van der Waals surface area contributed by atoms with Crippen LogP contribution in [-0.4, -0.2) is 51.2 Å². The first-order valence-electron chi connectivity index (χ1n) is 6.25. The average molecular weight is 295 g/mol. The molecule has 8 nitrogen and oxygen atoms in total. The zero-order chi connectivity index (χ0) is 15.8. The standard InChI is InChI=1S/C13H17N3O5/c1-16(8-9-4-6-14-7-5-9)13(21)15-10(12(19)20)2-3-11(17)18/h4-7,10H,2-3,8H2,1H3,(H,15,21)(H,17,18)(H,19,20)/t10-/m0/s1. The summed E-state index contributed by atoms with van der Waals surface area (Å²) in [4.78, 5) is 38.5. The van der Waals surface area contributed by atoms with E-state index >= 15 is 0 Å². The van der Waals surface area contributed by atoms with Crippen LogP contribution in [0.15, 0.2) is 24.5 Å². The quantitative estimate of drug-likeness (QED) is 0.675. The van der Waals surface area contributed by atoms with E-state index in [4.69, 9.17) is 10.2 Å². The van der Waals surface area contributed by atoms with Crippen molar-refractivity contribution >= 4 is 18.0 Å². The molecule has 1 aromatic heterocycles. The van der Waals surface area contributed by atoms with Gasteiger partial charge in [0.1, 0.15) is 6.04 Å². The molecule has 0 fully saturated rings. The lowest BCUT2D eigenvalue weighted by Crippen LogP contribution is -2.46. The van der Waals surface area contributed by atoms with Crippen LogP contribution in [0.25, 0.3) is 0 Å². The number of aromatic nitrogens is 1. The molecule has 8 heteroatoms. The summed E-state index contributed by atoms with van der Waals surface area (Å²) in [6.45, 7) is 0.291. The van der Waals surface area contributed by atoms with E-state index in [-0.39, 0.29) is 12.8 Å².